The summed E-state index contributed by atoms with van der Waals surface area (Å²) in [4.78, 5) is 13.8. The molecule has 1 aliphatic rings. The molecule has 0 unspecified atom stereocenters. The molecule has 208 valence electrons. The fraction of sp³-hybridized carbons (Fsp3) is 0.464. The number of hydrogen-bond acceptors (Lipinski definition) is 6. The van der Waals surface area contributed by atoms with Gasteiger partial charge in [-0.05, 0) is 62.8 Å². The molecule has 2 aromatic carbocycles. The maximum atomic E-state index is 12.9. The predicted molar refractivity (Wildman–Crippen MR) is 137 cm³/mol. The molecule has 7 nitrogen and oxygen atoms in total. The number of aliphatic hydroxyl groups is 2. The summed E-state index contributed by atoms with van der Waals surface area (Å²) in [5.74, 6) is -2.85. The molecule has 0 saturated heterocycles. The Balaban J connectivity index is 1.67. The van der Waals surface area contributed by atoms with Crippen molar-refractivity contribution in [1.82, 2.24) is 10.2 Å². The molecule has 0 atom stereocenters. The number of allylic oxidation sites excluding steroid dienone is 1. The van der Waals surface area contributed by atoms with Crippen LogP contribution >= 0.6 is 0 Å². The quantitative estimate of drug-likeness (QED) is 0.292. The highest BCUT2D eigenvalue weighted by Crippen LogP contribution is 2.37. The Morgan fingerprint density at radius 3 is 2.24 bits per heavy atom. The van der Waals surface area contributed by atoms with Crippen molar-refractivity contribution < 1.29 is 37.7 Å². The third kappa shape index (κ3) is 7.06. The van der Waals surface area contributed by atoms with Gasteiger partial charge >= 0.3 is 12.3 Å². The Kier molecular flexibility index (Phi) is 9.45. The summed E-state index contributed by atoms with van der Waals surface area (Å²) in [5.41, 5.74) is 1.62. The van der Waals surface area contributed by atoms with Crippen LogP contribution in [0.25, 0.3) is 11.1 Å². The normalized spacial score (nSPS) is 18.1. The number of alkyl halides is 3. The molecule has 1 saturated carbocycles. The topological polar surface area (TPSA) is 91.3 Å². The van der Waals surface area contributed by atoms with Gasteiger partial charge in [0.1, 0.15) is 5.75 Å². The molecule has 0 heterocycles. The van der Waals surface area contributed by atoms with Crippen molar-refractivity contribution in [3.05, 3.63) is 65.9 Å². The smallest absolute Gasteiger partial charge is 0.447 e. The van der Waals surface area contributed by atoms with E-state index in [0.29, 0.717) is 30.2 Å². The van der Waals surface area contributed by atoms with E-state index >= 15 is 0 Å². The second-order valence-electron chi connectivity index (χ2n) is 9.57. The fourth-order valence-corrected chi connectivity index (χ4v) is 4.54. The van der Waals surface area contributed by atoms with Crippen LogP contribution in [0.5, 0.6) is 5.75 Å². The number of nitrogens with one attached hydrogen (secondary N) is 1. The molecule has 1 fully saturated rings. The van der Waals surface area contributed by atoms with Crippen molar-refractivity contribution in [1.29, 1.82) is 0 Å². The number of rotatable bonds is 9. The van der Waals surface area contributed by atoms with E-state index < -0.39 is 23.6 Å². The van der Waals surface area contributed by atoms with Gasteiger partial charge in [-0.25, -0.2) is 4.79 Å². The molecule has 10 heteroatoms. The van der Waals surface area contributed by atoms with Gasteiger partial charge in [0, 0.05) is 36.8 Å². The fourth-order valence-electron chi connectivity index (χ4n) is 4.54. The van der Waals surface area contributed by atoms with Gasteiger partial charge in [-0.15, -0.1) is 0 Å². The van der Waals surface area contributed by atoms with Gasteiger partial charge < -0.3 is 29.9 Å². The van der Waals surface area contributed by atoms with Crippen LogP contribution in [0.15, 0.2) is 54.8 Å². The zero-order valence-corrected chi connectivity index (χ0v) is 21.8. The standard InChI is InChI=1S/C28H35F3N2O5/c1-5-37-25-15-8-20(19-6-9-22(10-7-19)27(35,36)28(29,30)31)16-21(25)17-32-23-11-13-24(14-12-23)33(4)26(34)38-18(2)3/h6-10,15-16,23-24,32,35-36H,2,5,11-14,17H2,1,3-4H3. The molecule has 0 aromatic heterocycles. The minimum Gasteiger partial charge on any atom is -0.494 e. The number of nitrogens with zero attached hydrogens (tertiary/aromatic N) is 1. The van der Waals surface area contributed by atoms with Crippen LogP contribution in [0.2, 0.25) is 0 Å². The van der Waals surface area contributed by atoms with Gasteiger partial charge in [-0.2, -0.15) is 13.2 Å². The first-order valence-corrected chi connectivity index (χ1v) is 12.5. The van der Waals surface area contributed by atoms with Gasteiger partial charge in [0.05, 0.1) is 12.4 Å². The Bertz CT molecular complexity index is 1110. The Hall–Kier alpha value is -3.08. The van der Waals surface area contributed by atoms with Crippen molar-refractivity contribution in [3.8, 4) is 16.9 Å². The molecule has 0 bridgehead atoms. The first-order valence-electron chi connectivity index (χ1n) is 12.5. The van der Waals surface area contributed by atoms with Gasteiger partial charge in [0.25, 0.3) is 5.79 Å². The zero-order valence-electron chi connectivity index (χ0n) is 21.8. The minimum atomic E-state index is -5.21. The van der Waals surface area contributed by atoms with Crippen LogP contribution in [-0.4, -0.2) is 53.1 Å². The lowest BCUT2D eigenvalue weighted by Gasteiger charge is -2.34. The van der Waals surface area contributed by atoms with Crippen molar-refractivity contribution in [2.75, 3.05) is 13.7 Å². The van der Waals surface area contributed by atoms with Crippen LogP contribution < -0.4 is 10.1 Å². The molecule has 1 amide bonds. The highest BCUT2D eigenvalue weighted by Gasteiger charge is 2.54. The number of carbonyl (C=O) groups is 1. The summed E-state index contributed by atoms with van der Waals surface area (Å²) in [7, 11) is 1.74. The van der Waals surface area contributed by atoms with E-state index in [1.807, 2.05) is 25.1 Å². The SMILES string of the molecule is C=C(C)OC(=O)N(C)C1CCC(NCc2cc(-c3ccc(C(O)(O)C(F)(F)F)cc3)ccc2OCC)CC1. The lowest BCUT2D eigenvalue weighted by Crippen LogP contribution is -2.43. The monoisotopic (exact) mass is 536 g/mol. The molecule has 1 aliphatic carbocycles. The van der Waals surface area contributed by atoms with Crippen molar-refractivity contribution in [3.63, 3.8) is 0 Å². The van der Waals surface area contributed by atoms with E-state index in [4.69, 9.17) is 9.47 Å². The number of halogens is 3. The predicted octanol–water partition coefficient (Wildman–Crippen LogP) is 5.45. The number of hydrogen-bond donors (Lipinski definition) is 3. The third-order valence-corrected chi connectivity index (χ3v) is 6.75. The maximum absolute atomic E-state index is 12.9. The van der Waals surface area contributed by atoms with Crippen molar-refractivity contribution in [2.45, 2.75) is 70.1 Å². The highest BCUT2D eigenvalue weighted by molar-refractivity contribution is 5.69. The second-order valence-corrected chi connectivity index (χ2v) is 9.57. The molecule has 2 aromatic rings. The van der Waals surface area contributed by atoms with E-state index in [1.165, 1.54) is 12.1 Å². The highest BCUT2D eigenvalue weighted by atomic mass is 19.4. The van der Waals surface area contributed by atoms with E-state index in [2.05, 4.69) is 11.9 Å². The van der Waals surface area contributed by atoms with Crippen LogP contribution in [0.4, 0.5) is 18.0 Å². The number of ether oxygens (including phenoxy) is 2. The molecular formula is C28H35F3N2O5. The molecule has 3 rings (SSSR count). The summed E-state index contributed by atoms with van der Waals surface area (Å²) in [6, 6.07) is 10.8. The van der Waals surface area contributed by atoms with Crippen LogP contribution in [-0.2, 0) is 17.1 Å². The zero-order chi connectivity index (χ0) is 28.1. The van der Waals surface area contributed by atoms with Gasteiger partial charge in [-0.3, -0.25) is 0 Å². The Labute approximate surface area is 220 Å². The Morgan fingerprint density at radius 1 is 1.08 bits per heavy atom. The van der Waals surface area contributed by atoms with Gasteiger partial charge in [-0.1, -0.05) is 36.9 Å². The van der Waals surface area contributed by atoms with Crippen molar-refractivity contribution in [2.24, 2.45) is 0 Å². The van der Waals surface area contributed by atoms with Gasteiger partial charge in [0.15, 0.2) is 0 Å². The molecule has 0 aliphatic heterocycles. The number of benzene rings is 2. The van der Waals surface area contributed by atoms with E-state index in [9.17, 15) is 28.2 Å². The first-order chi connectivity index (χ1) is 17.8. The molecule has 38 heavy (non-hydrogen) atoms. The summed E-state index contributed by atoms with van der Waals surface area (Å²) in [6.07, 6.45) is -2.19. The minimum absolute atomic E-state index is 0.0964. The van der Waals surface area contributed by atoms with Crippen LogP contribution in [0.3, 0.4) is 0 Å². The second kappa shape index (κ2) is 12.2. The summed E-state index contributed by atoms with van der Waals surface area (Å²) in [5, 5.41) is 22.6. The van der Waals surface area contributed by atoms with E-state index in [-0.39, 0.29) is 12.1 Å². The van der Waals surface area contributed by atoms with Gasteiger partial charge in [0.2, 0.25) is 0 Å². The molecule has 0 spiro atoms. The molecule has 0 radical (unpaired) electrons. The maximum Gasteiger partial charge on any atom is 0.447 e. The summed E-state index contributed by atoms with van der Waals surface area (Å²) >= 11 is 0. The van der Waals surface area contributed by atoms with E-state index in [1.54, 1.807) is 18.9 Å². The first kappa shape index (κ1) is 29.5. The van der Waals surface area contributed by atoms with Crippen molar-refractivity contribution >= 4 is 6.09 Å². The number of amides is 1. The van der Waals surface area contributed by atoms with E-state index in [0.717, 1.165) is 48.9 Å². The lowest BCUT2D eigenvalue weighted by molar-refractivity contribution is -0.358. The summed E-state index contributed by atoms with van der Waals surface area (Å²) in [6.45, 7) is 8.13. The summed E-state index contributed by atoms with van der Waals surface area (Å²) < 4.78 is 49.7. The molecule has 3 N–H and O–H groups in total. The van der Waals surface area contributed by atoms with Crippen LogP contribution in [0, 0.1) is 0 Å². The largest absolute Gasteiger partial charge is 0.494 e. The number of carbonyl (C=O) groups excluding carboxylic acids is 1. The lowest BCUT2D eigenvalue weighted by atomic mass is 9.90. The average molecular weight is 537 g/mol. The average Bonchev–Trinajstić information content (AvgIpc) is 2.87. The molecular weight excluding hydrogens is 501 g/mol. The third-order valence-electron chi connectivity index (χ3n) is 6.75. The Morgan fingerprint density at radius 2 is 1.68 bits per heavy atom. The van der Waals surface area contributed by atoms with Crippen LogP contribution in [0.1, 0.15) is 50.7 Å².